The third-order valence-corrected chi connectivity index (χ3v) is 11.1. The van der Waals surface area contributed by atoms with Gasteiger partial charge >= 0.3 is 0 Å². The van der Waals surface area contributed by atoms with Gasteiger partial charge in [0.2, 0.25) is 10.0 Å². The number of amides is 1. The maximum absolute atomic E-state index is 14.0. The summed E-state index contributed by atoms with van der Waals surface area (Å²) in [6.45, 7) is 10.8. The Labute approximate surface area is 250 Å². The molecule has 5 rings (SSSR count). The number of benzene rings is 3. The van der Waals surface area contributed by atoms with E-state index in [1.165, 1.54) is 4.31 Å². The molecule has 0 N–H and O–H groups in total. The van der Waals surface area contributed by atoms with Crippen LogP contribution in [0.2, 0.25) is 0 Å². The summed E-state index contributed by atoms with van der Waals surface area (Å²) in [6.07, 6.45) is 0. The van der Waals surface area contributed by atoms with Gasteiger partial charge in [0.15, 0.2) is 0 Å². The number of ether oxygens (including phenoxy) is 1. The second kappa shape index (κ2) is 11.2. The lowest BCUT2D eigenvalue weighted by Crippen LogP contribution is -2.50. The van der Waals surface area contributed by atoms with Gasteiger partial charge in [-0.3, -0.25) is 4.79 Å². The second-order valence-electron chi connectivity index (χ2n) is 10.6. The van der Waals surface area contributed by atoms with E-state index in [0.717, 1.165) is 37.9 Å². The first-order valence-corrected chi connectivity index (χ1v) is 15.8. The van der Waals surface area contributed by atoms with Crippen LogP contribution in [0.3, 0.4) is 0 Å². The van der Waals surface area contributed by atoms with Gasteiger partial charge in [-0.25, -0.2) is 13.4 Å². The minimum Gasteiger partial charge on any atom is -0.497 e. The zero-order chi connectivity index (χ0) is 29.6. The van der Waals surface area contributed by atoms with Crippen molar-refractivity contribution in [2.45, 2.75) is 39.5 Å². The summed E-state index contributed by atoms with van der Waals surface area (Å²) < 4.78 is 35.6. The molecule has 41 heavy (non-hydrogen) atoms. The standard InChI is InChI=1S/C32H34BrN3O4S/c1-19-20(2)22(4)31(23(5)21(19)3)41(38,39)36-15-13-35(14-16-36)32(37)28-18-30(24-7-9-25(33)10-8-24)34-29-12-11-26(40-6)17-27(28)29/h7-12,17-18H,13-16H2,1-6H3. The number of carbonyl (C=O) groups is 1. The van der Waals surface area contributed by atoms with Crippen molar-refractivity contribution in [3.63, 3.8) is 0 Å². The highest BCUT2D eigenvalue weighted by atomic mass is 79.9. The highest BCUT2D eigenvalue weighted by Gasteiger charge is 2.34. The average Bonchev–Trinajstić information content (AvgIpc) is 2.98. The number of halogens is 1. The van der Waals surface area contributed by atoms with E-state index in [4.69, 9.17) is 9.72 Å². The van der Waals surface area contributed by atoms with Crippen molar-refractivity contribution in [1.82, 2.24) is 14.2 Å². The number of aromatic nitrogens is 1. The summed E-state index contributed by atoms with van der Waals surface area (Å²) in [5, 5.41) is 0.696. The first kappa shape index (κ1) is 29.2. The van der Waals surface area contributed by atoms with Crippen molar-refractivity contribution in [2.75, 3.05) is 33.3 Å². The maximum atomic E-state index is 14.0. The number of sulfonamides is 1. The number of carbonyl (C=O) groups excluding carboxylic acids is 1. The van der Waals surface area contributed by atoms with Crippen molar-refractivity contribution < 1.29 is 17.9 Å². The summed E-state index contributed by atoms with van der Waals surface area (Å²) in [5.41, 5.74) is 7.50. The van der Waals surface area contributed by atoms with Crippen LogP contribution in [-0.4, -0.2) is 61.8 Å². The molecule has 3 aromatic carbocycles. The summed E-state index contributed by atoms with van der Waals surface area (Å²) >= 11 is 3.47. The predicted octanol–water partition coefficient (Wildman–Crippen LogP) is 6.36. The molecule has 1 fully saturated rings. The van der Waals surface area contributed by atoms with Crippen LogP contribution in [0.5, 0.6) is 5.75 Å². The highest BCUT2D eigenvalue weighted by molar-refractivity contribution is 9.10. The number of nitrogens with zero attached hydrogens (tertiary/aromatic N) is 3. The van der Waals surface area contributed by atoms with Gasteiger partial charge in [-0.1, -0.05) is 28.1 Å². The van der Waals surface area contributed by atoms with Crippen LogP contribution < -0.4 is 4.74 Å². The molecule has 7 nitrogen and oxygen atoms in total. The SMILES string of the molecule is COc1ccc2nc(-c3ccc(Br)cc3)cc(C(=O)N3CCN(S(=O)(=O)c4c(C)c(C)c(C)c(C)c4C)CC3)c2c1. The molecule has 1 amide bonds. The van der Waals surface area contributed by atoms with Crippen molar-refractivity contribution in [3.05, 3.63) is 86.4 Å². The van der Waals surface area contributed by atoms with E-state index in [1.807, 2.05) is 83.1 Å². The van der Waals surface area contributed by atoms with Gasteiger partial charge < -0.3 is 9.64 Å². The van der Waals surface area contributed by atoms with Gasteiger partial charge in [0, 0.05) is 41.6 Å². The first-order chi connectivity index (χ1) is 19.4. The molecule has 0 unspecified atom stereocenters. The van der Waals surface area contributed by atoms with Crippen LogP contribution in [-0.2, 0) is 10.0 Å². The molecule has 1 aromatic heterocycles. The van der Waals surface area contributed by atoms with Crippen molar-refractivity contribution in [3.8, 4) is 17.0 Å². The van der Waals surface area contributed by atoms with E-state index in [-0.39, 0.29) is 19.0 Å². The molecule has 0 radical (unpaired) electrons. The molecule has 1 aliphatic heterocycles. The topological polar surface area (TPSA) is 79.8 Å². The van der Waals surface area contributed by atoms with Crippen LogP contribution >= 0.6 is 15.9 Å². The number of hydrogen-bond donors (Lipinski definition) is 0. The van der Waals surface area contributed by atoms with Crippen LogP contribution in [0.4, 0.5) is 0 Å². The Bertz CT molecular complexity index is 1750. The molecule has 4 aromatic rings. The van der Waals surface area contributed by atoms with Crippen LogP contribution in [0.15, 0.2) is 57.9 Å². The average molecular weight is 637 g/mol. The predicted molar refractivity (Wildman–Crippen MR) is 166 cm³/mol. The van der Waals surface area contributed by atoms with Gasteiger partial charge in [0.05, 0.1) is 28.8 Å². The third kappa shape index (κ3) is 5.27. The fourth-order valence-electron chi connectivity index (χ4n) is 5.56. The number of hydrogen-bond acceptors (Lipinski definition) is 5. The number of methoxy groups -OCH3 is 1. The van der Waals surface area contributed by atoms with Gasteiger partial charge in [0.25, 0.3) is 5.91 Å². The zero-order valence-electron chi connectivity index (χ0n) is 24.2. The van der Waals surface area contributed by atoms with Crippen LogP contribution in [0.1, 0.15) is 38.2 Å². The molecule has 1 saturated heterocycles. The normalized spacial score (nSPS) is 14.5. The van der Waals surface area contributed by atoms with Crippen molar-refractivity contribution >= 4 is 42.8 Å². The molecule has 0 bridgehead atoms. The van der Waals surface area contributed by atoms with E-state index in [2.05, 4.69) is 15.9 Å². The summed E-state index contributed by atoms with van der Waals surface area (Å²) in [7, 11) is -2.13. The quantitative estimate of drug-likeness (QED) is 0.255. The van der Waals surface area contributed by atoms with Crippen molar-refractivity contribution in [2.24, 2.45) is 0 Å². The lowest BCUT2D eigenvalue weighted by molar-refractivity contribution is 0.0700. The fraction of sp³-hybridized carbons (Fsp3) is 0.312. The van der Waals surface area contributed by atoms with E-state index >= 15 is 0 Å². The van der Waals surface area contributed by atoms with Gasteiger partial charge in [-0.15, -0.1) is 0 Å². The molecule has 0 saturated carbocycles. The Kier molecular flexibility index (Phi) is 7.98. The largest absolute Gasteiger partial charge is 0.497 e. The van der Waals surface area contributed by atoms with E-state index in [9.17, 15) is 13.2 Å². The zero-order valence-corrected chi connectivity index (χ0v) is 26.6. The Morgan fingerprint density at radius 1 is 0.829 bits per heavy atom. The lowest BCUT2D eigenvalue weighted by Gasteiger charge is -2.35. The third-order valence-electron chi connectivity index (χ3n) is 8.44. The molecule has 0 spiro atoms. The van der Waals surface area contributed by atoms with E-state index in [0.29, 0.717) is 45.9 Å². The highest BCUT2D eigenvalue weighted by Crippen LogP contribution is 2.33. The monoisotopic (exact) mass is 635 g/mol. The molecule has 0 atom stereocenters. The minimum atomic E-state index is -3.72. The smallest absolute Gasteiger partial charge is 0.254 e. The molecule has 1 aliphatic rings. The summed E-state index contributed by atoms with van der Waals surface area (Å²) in [5.74, 6) is 0.477. The summed E-state index contributed by atoms with van der Waals surface area (Å²) in [6, 6.07) is 15.1. The van der Waals surface area contributed by atoms with Gasteiger partial charge in [-0.05, 0) is 98.8 Å². The fourth-order valence-corrected chi connectivity index (χ4v) is 7.81. The first-order valence-electron chi connectivity index (χ1n) is 13.5. The maximum Gasteiger partial charge on any atom is 0.254 e. The van der Waals surface area contributed by atoms with Crippen LogP contribution in [0, 0.1) is 34.6 Å². The number of rotatable bonds is 5. The van der Waals surface area contributed by atoms with Gasteiger partial charge in [0.1, 0.15) is 5.75 Å². The molecular formula is C32H34BrN3O4S. The Morgan fingerprint density at radius 3 is 2.00 bits per heavy atom. The van der Waals surface area contributed by atoms with E-state index < -0.39 is 10.0 Å². The second-order valence-corrected chi connectivity index (χ2v) is 13.4. The molecular weight excluding hydrogens is 602 g/mol. The number of fused-ring (bicyclic) bond motifs is 1. The summed E-state index contributed by atoms with van der Waals surface area (Å²) in [4.78, 5) is 20.9. The molecule has 214 valence electrons. The minimum absolute atomic E-state index is 0.157. The Morgan fingerprint density at radius 2 is 1.41 bits per heavy atom. The molecule has 9 heteroatoms. The number of piperazine rings is 1. The number of pyridine rings is 1. The molecule has 0 aliphatic carbocycles. The van der Waals surface area contributed by atoms with Gasteiger partial charge in [-0.2, -0.15) is 4.31 Å². The Balaban J connectivity index is 1.46. The van der Waals surface area contributed by atoms with E-state index in [1.54, 1.807) is 12.0 Å². The van der Waals surface area contributed by atoms with Crippen LogP contribution in [0.25, 0.3) is 22.2 Å². The molecule has 2 heterocycles. The lowest BCUT2D eigenvalue weighted by atomic mass is 9.95. The van der Waals surface area contributed by atoms with Crippen molar-refractivity contribution in [1.29, 1.82) is 0 Å². The Hall–Kier alpha value is -3.27.